The van der Waals surface area contributed by atoms with E-state index in [-0.39, 0.29) is 18.2 Å². The molecule has 33 heavy (non-hydrogen) atoms. The number of thiocarbonyl (C=S) groups is 1. The Kier molecular flexibility index (Phi) is 8.24. The van der Waals surface area contributed by atoms with Gasteiger partial charge in [-0.15, -0.1) is 6.58 Å². The van der Waals surface area contributed by atoms with Gasteiger partial charge in [0.2, 0.25) is 0 Å². The first-order valence-electron chi connectivity index (χ1n) is 10.4. The van der Waals surface area contributed by atoms with Crippen molar-refractivity contribution < 1.29 is 19.2 Å². The molecule has 7 nitrogen and oxygen atoms in total. The molecule has 9 heteroatoms. The van der Waals surface area contributed by atoms with E-state index < -0.39 is 4.92 Å². The lowest BCUT2D eigenvalue weighted by molar-refractivity contribution is -0.384. The number of carbonyl (C=O) groups excluding carboxylic acids is 1. The smallest absolute Gasteiger partial charge is 0.269 e. The van der Waals surface area contributed by atoms with Gasteiger partial charge >= 0.3 is 0 Å². The summed E-state index contributed by atoms with van der Waals surface area (Å²) in [5.41, 5.74) is 2.30. The van der Waals surface area contributed by atoms with Crippen molar-refractivity contribution in [3.63, 3.8) is 0 Å². The number of amides is 1. The van der Waals surface area contributed by atoms with Crippen molar-refractivity contribution in [3.8, 4) is 11.5 Å². The second-order valence-electron chi connectivity index (χ2n) is 7.07. The molecule has 172 valence electrons. The van der Waals surface area contributed by atoms with Crippen molar-refractivity contribution in [3.05, 3.63) is 80.8 Å². The lowest BCUT2D eigenvalue weighted by atomic mass is 10.0. The predicted octanol–water partition coefficient (Wildman–Crippen LogP) is 5.52. The molecule has 1 amide bonds. The molecule has 0 aromatic heterocycles. The van der Waals surface area contributed by atoms with Crippen LogP contribution in [-0.2, 0) is 17.8 Å². The van der Waals surface area contributed by atoms with E-state index in [2.05, 4.69) is 6.58 Å². The molecule has 2 aromatic carbocycles. The summed E-state index contributed by atoms with van der Waals surface area (Å²) in [5, 5.41) is 11.1. The molecule has 0 spiro atoms. The van der Waals surface area contributed by atoms with Crippen LogP contribution in [0.4, 0.5) is 5.69 Å². The van der Waals surface area contributed by atoms with Crippen LogP contribution in [0, 0.1) is 10.1 Å². The number of nitro groups is 1. The van der Waals surface area contributed by atoms with Crippen molar-refractivity contribution >= 4 is 46.0 Å². The topological polar surface area (TPSA) is 81.9 Å². The maximum atomic E-state index is 12.6. The van der Waals surface area contributed by atoms with Crippen molar-refractivity contribution in [2.24, 2.45) is 0 Å². The quantitative estimate of drug-likeness (QED) is 0.144. The number of hydrogen-bond acceptors (Lipinski definition) is 7. The average molecular weight is 485 g/mol. The SMILES string of the molecule is C=CCc1cc(C=C2SC(=S)N(CC)C2=O)cc(OCC)c1OCc1cccc([N+](=O)[O-])c1. The lowest BCUT2D eigenvalue weighted by Gasteiger charge is -2.17. The minimum atomic E-state index is -0.436. The molecule has 0 aliphatic carbocycles. The van der Waals surface area contributed by atoms with Crippen molar-refractivity contribution in [1.82, 2.24) is 4.90 Å². The molecule has 3 rings (SSSR count). The predicted molar refractivity (Wildman–Crippen MR) is 134 cm³/mol. The Labute approximate surface area is 202 Å². The zero-order chi connectivity index (χ0) is 24.0. The zero-order valence-corrected chi connectivity index (χ0v) is 20.0. The number of ether oxygens (including phenoxy) is 2. The summed E-state index contributed by atoms with van der Waals surface area (Å²) in [6.07, 6.45) is 4.07. The molecule has 1 fully saturated rings. The van der Waals surface area contributed by atoms with E-state index >= 15 is 0 Å². The van der Waals surface area contributed by atoms with E-state index in [0.29, 0.717) is 45.9 Å². The van der Waals surface area contributed by atoms with Gasteiger partial charge in [0.25, 0.3) is 11.6 Å². The summed E-state index contributed by atoms with van der Waals surface area (Å²) in [6.45, 7) is 8.67. The van der Waals surface area contributed by atoms with Crippen molar-refractivity contribution in [2.45, 2.75) is 26.9 Å². The van der Waals surface area contributed by atoms with E-state index in [9.17, 15) is 14.9 Å². The third-order valence-corrected chi connectivity index (χ3v) is 6.19. The number of rotatable bonds is 10. The number of carbonyl (C=O) groups is 1. The van der Waals surface area contributed by atoms with E-state index in [0.717, 1.165) is 11.1 Å². The molecule has 0 N–H and O–H groups in total. The average Bonchev–Trinajstić information content (AvgIpc) is 3.05. The highest BCUT2D eigenvalue weighted by atomic mass is 32.2. The van der Waals surface area contributed by atoms with Gasteiger partial charge in [0.1, 0.15) is 10.9 Å². The summed E-state index contributed by atoms with van der Waals surface area (Å²) in [5.74, 6) is 0.961. The van der Waals surface area contributed by atoms with Gasteiger partial charge in [0.15, 0.2) is 11.5 Å². The first-order chi connectivity index (χ1) is 15.9. The zero-order valence-electron chi connectivity index (χ0n) is 18.4. The van der Waals surface area contributed by atoms with Crippen LogP contribution in [0.1, 0.15) is 30.5 Å². The Hall–Kier alpha value is -3.17. The fourth-order valence-electron chi connectivity index (χ4n) is 3.34. The fourth-order valence-corrected chi connectivity index (χ4v) is 4.72. The molecule has 0 bridgehead atoms. The monoisotopic (exact) mass is 484 g/mol. The summed E-state index contributed by atoms with van der Waals surface area (Å²) < 4.78 is 12.5. The highest BCUT2D eigenvalue weighted by Crippen LogP contribution is 2.38. The third kappa shape index (κ3) is 5.80. The number of nitrogens with zero attached hydrogens (tertiary/aromatic N) is 2. The minimum absolute atomic E-state index is 0.00666. The third-order valence-electron chi connectivity index (χ3n) is 4.81. The molecule has 1 aliphatic rings. The molecule has 1 saturated heterocycles. The summed E-state index contributed by atoms with van der Waals surface area (Å²) >= 11 is 6.58. The van der Waals surface area contributed by atoms with E-state index in [1.807, 2.05) is 26.0 Å². The normalized spacial score (nSPS) is 14.6. The van der Waals surface area contributed by atoms with Gasteiger partial charge in [-0.25, -0.2) is 0 Å². The highest BCUT2D eigenvalue weighted by Gasteiger charge is 2.30. The second kappa shape index (κ2) is 11.1. The number of allylic oxidation sites excluding steroid dienone is 1. The van der Waals surface area contributed by atoms with Gasteiger partial charge in [-0.05, 0) is 49.6 Å². The summed E-state index contributed by atoms with van der Waals surface area (Å²) in [7, 11) is 0. The molecule has 0 radical (unpaired) electrons. The van der Waals surface area contributed by atoms with Gasteiger partial charge in [-0.3, -0.25) is 19.8 Å². The van der Waals surface area contributed by atoms with Gasteiger partial charge in [-0.1, -0.05) is 42.2 Å². The van der Waals surface area contributed by atoms with Gasteiger partial charge in [0.05, 0.1) is 16.4 Å². The molecule has 1 aliphatic heterocycles. The molecule has 2 aromatic rings. The van der Waals surface area contributed by atoms with E-state index in [1.165, 1.54) is 23.9 Å². The first-order valence-corrected chi connectivity index (χ1v) is 11.6. The minimum Gasteiger partial charge on any atom is -0.490 e. The van der Waals surface area contributed by atoms with E-state index in [1.54, 1.807) is 29.2 Å². The van der Waals surface area contributed by atoms with Crippen molar-refractivity contribution in [2.75, 3.05) is 13.2 Å². The molecule has 1 heterocycles. The molecular formula is C24H24N2O5S2. The van der Waals surface area contributed by atoms with Crippen LogP contribution >= 0.6 is 24.0 Å². The van der Waals surface area contributed by atoms with Gasteiger partial charge in [-0.2, -0.15) is 0 Å². The highest BCUT2D eigenvalue weighted by molar-refractivity contribution is 8.26. The fraction of sp³-hybridized carbons (Fsp3) is 0.250. The molecular weight excluding hydrogens is 460 g/mol. The summed E-state index contributed by atoms with van der Waals surface area (Å²) in [6, 6.07) is 10.1. The number of hydrogen-bond donors (Lipinski definition) is 0. The number of nitro benzene ring substituents is 1. The van der Waals surface area contributed by atoms with Crippen LogP contribution in [-0.4, -0.2) is 33.2 Å². The maximum Gasteiger partial charge on any atom is 0.269 e. The molecule has 0 atom stereocenters. The Balaban J connectivity index is 1.95. The first kappa shape index (κ1) is 24.5. The number of likely N-dealkylation sites (N-methyl/N-ethyl adjacent to an activating group) is 1. The van der Waals surface area contributed by atoms with E-state index in [4.69, 9.17) is 21.7 Å². The Morgan fingerprint density at radius 3 is 2.67 bits per heavy atom. The van der Waals surface area contributed by atoms with Gasteiger partial charge < -0.3 is 9.47 Å². The van der Waals surface area contributed by atoms with Crippen LogP contribution in [0.25, 0.3) is 6.08 Å². The van der Waals surface area contributed by atoms with Crippen LogP contribution in [0.5, 0.6) is 11.5 Å². The van der Waals surface area contributed by atoms with Crippen molar-refractivity contribution in [1.29, 1.82) is 0 Å². The van der Waals surface area contributed by atoms with Crippen LogP contribution in [0.15, 0.2) is 54.0 Å². The Morgan fingerprint density at radius 1 is 1.24 bits per heavy atom. The van der Waals surface area contributed by atoms with Crippen LogP contribution in [0.2, 0.25) is 0 Å². The standard InChI is InChI=1S/C24H24N2O5S2/c1-4-8-18-11-17(14-21-23(27)25(5-2)24(32)33-21)13-20(30-6-3)22(18)31-15-16-9-7-10-19(12-16)26(28)29/h4,7,9-14H,1,5-6,8,15H2,2-3H3. The largest absolute Gasteiger partial charge is 0.490 e. The maximum absolute atomic E-state index is 12.6. The van der Waals surface area contributed by atoms with Crippen LogP contribution < -0.4 is 9.47 Å². The lowest BCUT2D eigenvalue weighted by Crippen LogP contribution is -2.27. The number of non-ortho nitro benzene ring substituents is 1. The number of thioether (sulfide) groups is 1. The second-order valence-corrected chi connectivity index (χ2v) is 8.75. The number of benzene rings is 2. The van der Waals surface area contributed by atoms with Crippen LogP contribution in [0.3, 0.4) is 0 Å². The molecule has 0 saturated carbocycles. The molecule has 0 unspecified atom stereocenters. The Morgan fingerprint density at radius 2 is 2.03 bits per heavy atom. The summed E-state index contributed by atoms with van der Waals surface area (Å²) in [4.78, 5) is 25.3. The van der Waals surface area contributed by atoms with Gasteiger partial charge in [0, 0.05) is 24.2 Å². The Bertz CT molecular complexity index is 1130.